The van der Waals surface area contributed by atoms with Gasteiger partial charge in [-0.3, -0.25) is 4.79 Å². The number of hydrogen-bond acceptors (Lipinski definition) is 2. The molecular formula is C16H12ClN3O. The SMILES string of the molecule is NC(=O)c1cnn(-c2ccccc2Cl)c1-c1ccccc1. The maximum atomic E-state index is 11.7. The summed E-state index contributed by atoms with van der Waals surface area (Å²) in [6.07, 6.45) is 1.47. The summed E-state index contributed by atoms with van der Waals surface area (Å²) in [5, 5.41) is 4.83. The van der Waals surface area contributed by atoms with Crippen molar-refractivity contribution in [3.63, 3.8) is 0 Å². The number of para-hydroxylation sites is 1. The predicted molar refractivity (Wildman–Crippen MR) is 82.5 cm³/mol. The summed E-state index contributed by atoms with van der Waals surface area (Å²) >= 11 is 6.23. The summed E-state index contributed by atoms with van der Waals surface area (Å²) in [5.74, 6) is -0.521. The van der Waals surface area contributed by atoms with E-state index in [9.17, 15) is 4.79 Å². The molecule has 0 unspecified atom stereocenters. The van der Waals surface area contributed by atoms with Crippen LogP contribution >= 0.6 is 11.6 Å². The number of carbonyl (C=O) groups is 1. The average Bonchev–Trinajstić information content (AvgIpc) is 2.93. The molecule has 3 rings (SSSR count). The molecule has 0 aliphatic carbocycles. The number of amides is 1. The van der Waals surface area contributed by atoms with Gasteiger partial charge in [0, 0.05) is 5.56 Å². The number of hydrogen-bond donors (Lipinski definition) is 1. The minimum atomic E-state index is -0.521. The van der Waals surface area contributed by atoms with Crippen LogP contribution in [0.5, 0.6) is 0 Å². The number of nitrogens with zero attached hydrogens (tertiary/aromatic N) is 2. The van der Waals surface area contributed by atoms with Crippen LogP contribution in [0, 0.1) is 0 Å². The molecule has 0 aliphatic rings. The van der Waals surface area contributed by atoms with Crippen LogP contribution in [0.25, 0.3) is 16.9 Å². The zero-order valence-electron chi connectivity index (χ0n) is 11.0. The monoisotopic (exact) mass is 297 g/mol. The molecule has 0 bridgehead atoms. The largest absolute Gasteiger partial charge is 0.365 e. The van der Waals surface area contributed by atoms with E-state index in [1.165, 1.54) is 6.20 Å². The van der Waals surface area contributed by atoms with Crippen molar-refractivity contribution >= 4 is 17.5 Å². The molecule has 0 aliphatic heterocycles. The first-order valence-electron chi connectivity index (χ1n) is 6.36. The van der Waals surface area contributed by atoms with Gasteiger partial charge in [0.2, 0.25) is 0 Å². The molecule has 1 heterocycles. The summed E-state index contributed by atoms with van der Waals surface area (Å²) in [6, 6.07) is 16.8. The fraction of sp³-hybridized carbons (Fsp3) is 0. The molecule has 0 saturated heterocycles. The van der Waals surface area contributed by atoms with Crippen LogP contribution in [0.4, 0.5) is 0 Å². The Hall–Kier alpha value is -2.59. The van der Waals surface area contributed by atoms with Gasteiger partial charge in [-0.15, -0.1) is 0 Å². The number of halogens is 1. The fourth-order valence-electron chi connectivity index (χ4n) is 2.21. The Morgan fingerprint density at radius 3 is 2.38 bits per heavy atom. The van der Waals surface area contributed by atoms with E-state index in [2.05, 4.69) is 5.10 Å². The minimum absolute atomic E-state index is 0.362. The second-order valence-electron chi connectivity index (χ2n) is 4.50. The molecule has 1 aromatic heterocycles. The van der Waals surface area contributed by atoms with Crippen molar-refractivity contribution in [2.24, 2.45) is 5.73 Å². The Morgan fingerprint density at radius 1 is 1.05 bits per heavy atom. The summed E-state index contributed by atoms with van der Waals surface area (Å²) in [5.41, 5.74) is 8.00. The number of benzene rings is 2. The van der Waals surface area contributed by atoms with Gasteiger partial charge in [0.25, 0.3) is 5.91 Å². The lowest BCUT2D eigenvalue weighted by Crippen LogP contribution is -2.12. The Morgan fingerprint density at radius 2 is 1.71 bits per heavy atom. The highest BCUT2D eigenvalue weighted by Gasteiger charge is 2.18. The molecule has 5 heteroatoms. The molecule has 104 valence electrons. The van der Waals surface area contributed by atoms with Crippen molar-refractivity contribution in [3.05, 3.63) is 71.4 Å². The molecule has 0 fully saturated rings. The van der Waals surface area contributed by atoms with Crippen molar-refractivity contribution < 1.29 is 4.79 Å². The van der Waals surface area contributed by atoms with E-state index in [1.807, 2.05) is 48.5 Å². The molecule has 0 atom stereocenters. The van der Waals surface area contributed by atoms with Crippen LogP contribution in [-0.4, -0.2) is 15.7 Å². The first kappa shape index (κ1) is 13.4. The smallest absolute Gasteiger partial charge is 0.252 e. The number of nitrogens with two attached hydrogens (primary N) is 1. The lowest BCUT2D eigenvalue weighted by molar-refractivity contribution is 0.100. The van der Waals surface area contributed by atoms with Crippen LogP contribution < -0.4 is 5.73 Å². The van der Waals surface area contributed by atoms with E-state index in [0.717, 1.165) is 5.56 Å². The van der Waals surface area contributed by atoms with Crippen molar-refractivity contribution in [1.29, 1.82) is 0 Å². The molecule has 4 nitrogen and oxygen atoms in total. The van der Waals surface area contributed by atoms with Gasteiger partial charge in [-0.25, -0.2) is 4.68 Å². The molecule has 2 aromatic carbocycles. The normalized spacial score (nSPS) is 10.5. The quantitative estimate of drug-likeness (QED) is 0.806. The van der Waals surface area contributed by atoms with E-state index in [-0.39, 0.29) is 0 Å². The van der Waals surface area contributed by atoms with Crippen LogP contribution in [0.1, 0.15) is 10.4 Å². The highest BCUT2D eigenvalue weighted by atomic mass is 35.5. The van der Waals surface area contributed by atoms with Gasteiger partial charge in [0.15, 0.2) is 0 Å². The fourth-order valence-corrected chi connectivity index (χ4v) is 2.42. The molecule has 2 N–H and O–H groups in total. The van der Waals surface area contributed by atoms with Crippen LogP contribution in [0.3, 0.4) is 0 Å². The maximum absolute atomic E-state index is 11.7. The third-order valence-corrected chi connectivity index (χ3v) is 3.48. The molecule has 0 saturated carbocycles. The number of carbonyl (C=O) groups excluding carboxylic acids is 1. The number of primary amides is 1. The first-order valence-corrected chi connectivity index (χ1v) is 6.74. The van der Waals surface area contributed by atoms with Gasteiger partial charge < -0.3 is 5.73 Å². The third-order valence-electron chi connectivity index (χ3n) is 3.16. The van der Waals surface area contributed by atoms with E-state index in [1.54, 1.807) is 10.7 Å². The van der Waals surface area contributed by atoms with Crippen molar-refractivity contribution in [1.82, 2.24) is 9.78 Å². The van der Waals surface area contributed by atoms with Crippen molar-refractivity contribution in [2.75, 3.05) is 0 Å². The second kappa shape index (κ2) is 5.42. The van der Waals surface area contributed by atoms with Crippen LogP contribution in [0.2, 0.25) is 5.02 Å². The van der Waals surface area contributed by atoms with Gasteiger partial charge in [-0.2, -0.15) is 5.10 Å². The summed E-state index contributed by atoms with van der Waals surface area (Å²) in [6.45, 7) is 0. The standard InChI is InChI=1S/C16H12ClN3O/c17-13-8-4-5-9-14(13)20-15(11-6-2-1-3-7-11)12(10-19-20)16(18)21/h1-10H,(H2,18,21). The molecule has 3 aromatic rings. The zero-order chi connectivity index (χ0) is 14.8. The zero-order valence-corrected chi connectivity index (χ0v) is 11.8. The van der Waals surface area contributed by atoms with Crippen molar-refractivity contribution in [2.45, 2.75) is 0 Å². The van der Waals surface area contributed by atoms with E-state index in [0.29, 0.717) is 22.0 Å². The number of aromatic nitrogens is 2. The lowest BCUT2D eigenvalue weighted by Gasteiger charge is -2.10. The molecule has 1 amide bonds. The van der Waals surface area contributed by atoms with E-state index in [4.69, 9.17) is 17.3 Å². The topological polar surface area (TPSA) is 60.9 Å². The van der Waals surface area contributed by atoms with E-state index >= 15 is 0 Å². The highest BCUT2D eigenvalue weighted by molar-refractivity contribution is 6.32. The predicted octanol–water partition coefficient (Wildman–Crippen LogP) is 3.29. The average molecular weight is 298 g/mol. The Balaban J connectivity index is 2.28. The minimum Gasteiger partial charge on any atom is -0.365 e. The number of rotatable bonds is 3. The summed E-state index contributed by atoms with van der Waals surface area (Å²) in [7, 11) is 0. The van der Waals surface area contributed by atoms with Crippen LogP contribution in [-0.2, 0) is 0 Å². The Labute approximate surface area is 126 Å². The Bertz CT molecular complexity index is 796. The Kier molecular flexibility index (Phi) is 3.46. The van der Waals surface area contributed by atoms with Crippen molar-refractivity contribution in [3.8, 4) is 16.9 Å². The lowest BCUT2D eigenvalue weighted by atomic mass is 10.1. The molecule has 0 radical (unpaired) electrons. The summed E-state index contributed by atoms with van der Waals surface area (Å²) in [4.78, 5) is 11.7. The van der Waals surface area contributed by atoms with Gasteiger partial charge in [0.05, 0.1) is 28.2 Å². The van der Waals surface area contributed by atoms with Gasteiger partial charge in [0.1, 0.15) is 0 Å². The molecule has 0 spiro atoms. The van der Waals surface area contributed by atoms with Gasteiger partial charge in [-0.1, -0.05) is 54.1 Å². The maximum Gasteiger partial charge on any atom is 0.252 e. The molecular weight excluding hydrogens is 286 g/mol. The summed E-state index contributed by atoms with van der Waals surface area (Å²) < 4.78 is 1.64. The third kappa shape index (κ3) is 2.41. The van der Waals surface area contributed by atoms with Gasteiger partial charge >= 0.3 is 0 Å². The molecule has 21 heavy (non-hydrogen) atoms. The highest BCUT2D eigenvalue weighted by Crippen LogP contribution is 2.29. The van der Waals surface area contributed by atoms with E-state index < -0.39 is 5.91 Å². The second-order valence-corrected chi connectivity index (χ2v) is 4.91. The van der Waals surface area contributed by atoms with Gasteiger partial charge in [-0.05, 0) is 12.1 Å². The van der Waals surface area contributed by atoms with Crippen LogP contribution in [0.15, 0.2) is 60.8 Å². The first-order chi connectivity index (χ1) is 10.2.